The molecule has 1 unspecified atom stereocenters. The molecule has 1 heterocycles. The fourth-order valence-corrected chi connectivity index (χ4v) is 2.74. The maximum absolute atomic E-state index is 4.52. The highest BCUT2D eigenvalue weighted by Crippen LogP contribution is 2.27. The van der Waals surface area contributed by atoms with Gasteiger partial charge < -0.3 is 5.32 Å². The van der Waals surface area contributed by atoms with Crippen molar-refractivity contribution in [3.8, 4) is 0 Å². The molecule has 0 aliphatic carbocycles. The predicted molar refractivity (Wildman–Crippen MR) is 88.0 cm³/mol. The number of aromatic nitrogens is 1. The van der Waals surface area contributed by atoms with Crippen molar-refractivity contribution in [2.75, 3.05) is 6.54 Å². The topological polar surface area (TPSA) is 24.9 Å². The molecule has 2 rings (SSSR count). The lowest BCUT2D eigenvalue weighted by molar-refractivity contribution is 0.612. The van der Waals surface area contributed by atoms with Crippen molar-refractivity contribution < 1.29 is 0 Å². The van der Waals surface area contributed by atoms with E-state index in [1.165, 1.54) is 11.1 Å². The maximum atomic E-state index is 4.52. The lowest BCUT2D eigenvalue weighted by Crippen LogP contribution is -2.23. The third kappa shape index (κ3) is 3.47. The first-order valence-corrected chi connectivity index (χ1v) is 7.86. The zero-order valence-electron chi connectivity index (χ0n) is 12.2. The van der Waals surface area contributed by atoms with Gasteiger partial charge in [0.15, 0.2) is 0 Å². The van der Waals surface area contributed by atoms with Crippen LogP contribution in [0.1, 0.15) is 49.6 Å². The Hall–Kier alpha value is -1.19. The van der Waals surface area contributed by atoms with E-state index >= 15 is 0 Å². The number of pyridine rings is 1. The van der Waals surface area contributed by atoms with E-state index < -0.39 is 0 Å². The largest absolute Gasteiger partial charge is 0.305 e. The molecule has 0 aliphatic heterocycles. The molecule has 1 aromatic heterocycles. The van der Waals surface area contributed by atoms with Gasteiger partial charge in [-0.15, -0.1) is 0 Å². The number of benzene rings is 1. The molecule has 20 heavy (non-hydrogen) atoms. The van der Waals surface area contributed by atoms with Gasteiger partial charge in [-0.1, -0.05) is 45.0 Å². The van der Waals surface area contributed by atoms with Crippen LogP contribution in [0.3, 0.4) is 0 Å². The third-order valence-electron chi connectivity index (χ3n) is 3.41. The first-order chi connectivity index (χ1) is 9.63. The van der Waals surface area contributed by atoms with Crippen LogP contribution in [-0.4, -0.2) is 11.5 Å². The number of halogens is 1. The predicted octanol–water partition coefficient (Wildman–Crippen LogP) is 4.67. The minimum atomic E-state index is 0.122. The van der Waals surface area contributed by atoms with E-state index in [9.17, 15) is 0 Å². The summed E-state index contributed by atoms with van der Waals surface area (Å²) in [7, 11) is 0. The van der Waals surface area contributed by atoms with Crippen molar-refractivity contribution in [1.29, 1.82) is 0 Å². The van der Waals surface area contributed by atoms with Gasteiger partial charge in [-0.2, -0.15) is 0 Å². The molecule has 0 radical (unpaired) electrons. The summed E-state index contributed by atoms with van der Waals surface area (Å²) in [5.74, 6) is 0.559. The highest BCUT2D eigenvalue weighted by molar-refractivity contribution is 9.10. The van der Waals surface area contributed by atoms with Gasteiger partial charge in [-0.05, 0) is 51.7 Å². The molecule has 0 saturated carbocycles. The van der Waals surface area contributed by atoms with Gasteiger partial charge in [0.2, 0.25) is 0 Å². The van der Waals surface area contributed by atoms with Gasteiger partial charge in [-0.25, -0.2) is 0 Å². The summed E-state index contributed by atoms with van der Waals surface area (Å²) in [6, 6.07) is 12.9. The average molecular weight is 333 g/mol. The summed E-state index contributed by atoms with van der Waals surface area (Å²) in [6.45, 7) is 7.45. The van der Waals surface area contributed by atoms with E-state index in [0.717, 1.165) is 16.7 Å². The zero-order valence-corrected chi connectivity index (χ0v) is 13.8. The molecule has 0 bridgehead atoms. The molecule has 0 fully saturated rings. The quantitative estimate of drug-likeness (QED) is 0.860. The fraction of sp³-hybridized carbons (Fsp3) is 0.353. The number of nitrogens with one attached hydrogen (secondary N) is 1. The molecular weight excluding hydrogens is 312 g/mol. The highest BCUT2D eigenvalue weighted by atomic mass is 79.9. The number of hydrogen-bond acceptors (Lipinski definition) is 2. The van der Waals surface area contributed by atoms with E-state index in [1.807, 2.05) is 18.3 Å². The Balaban J connectivity index is 2.36. The molecule has 1 atom stereocenters. The Morgan fingerprint density at radius 3 is 2.30 bits per heavy atom. The molecule has 0 amide bonds. The smallest absolute Gasteiger partial charge is 0.0762 e. The fourth-order valence-electron chi connectivity index (χ4n) is 2.26. The Morgan fingerprint density at radius 1 is 1.10 bits per heavy atom. The summed E-state index contributed by atoms with van der Waals surface area (Å²) in [6.07, 6.45) is 1.84. The Morgan fingerprint density at radius 2 is 1.75 bits per heavy atom. The first-order valence-electron chi connectivity index (χ1n) is 7.07. The van der Waals surface area contributed by atoms with E-state index in [-0.39, 0.29) is 6.04 Å². The molecule has 2 nitrogen and oxygen atoms in total. The van der Waals surface area contributed by atoms with Gasteiger partial charge in [0.25, 0.3) is 0 Å². The number of rotatable bonds is 5. The van der Waals surface area contributed by atoms with Crippen LogP contribution in [0, 0.1) is 0 Å². The molecule has 0 aliphatic rings. The van der Waals surface area contributed by atoms with Crippen LogP contribution in [0.2, 0.25) is 0 Å². The zero-order chi connectivity index (χ0) is 14.5. The number of hydrogen-bond donors (Lipinski definition) is 1. The SMILES string of the molecule is CCNC(c1ccc(C(C)C)cc1)c1ncccc1Br. The van der Waals surface area contributed by atoms with E-state index in [2.05, 4.69) is 71.3 Å². The van der Waals surface area contributed by atoms with Crippen molar-refractivity contribution in [1.82, 2.24) is 10.3 Å². The van der Waals surface area contributed by atoms with E-state index in [4.69, 9.17) is 0 Å². The lowest BCUT2D eigenvalue weighted by Gasteiger charge is -2.19. The Labute approximate surface area is 129 Å². The third-order valence-corrected chi connectivity index (χ3v) is 4.08. The van der Waals surface area contributed by atoms with Crippen molar-refractivity contribution >= 4 is 15.9 Å². The maximum Gasteiger partial charge on any atom is 0.0762 e. The molecule has 106 valence electrons. The normalized spacial score (nSPS) is 12.7. The van der Waals surface area contributed by atoms with Crippen LogP contribution in [0.25, 0.3) is 0 Å². The van der Waals surface area contributed by atoms with Crippen molar-refractivity contribution in [3.05, 3.63) is 63.9 Å². The Kier molecular flexibility index (Phi) is 5.32. The minimum absolute atomic E-state index is 0.122. The number of nitrogens with zero attached hydrogens (tertiary/aromatic N) is 1. The van der Waals surface area contributed by atoms with Crippen LogP contribution in [0.4, 0.5) is 0 Å². The van der Waals surface area contributed by atoms with Gasteiger partial charge in [0.05, 0.1) is 11.7 Å². The molecule has 1 aromatic carbocycles. The standard InChI is InChI=1S/C17H21BrN2/c1-4-19-16(17-15(18)6-5-11-20-17)14-9-7-13(8-10-14)12(2)3/h5-12,16,19H,4H2,1-3H3. The monoisotopic (exact) mass is 332 g/mol. The van der Waals surface area contributed by atoms with E-state index in [1.54, 1.807) is 0 Å². The highest BCUT2D eigenvalue weighted by Gasteiger charge is 2.17. The van der Waals surface area contributed by atoms with Crippen LogP contribution < -0.4 is 5.32 Å². The van der Waals surface area contributed by atoms with Gasteiger partial charge in [0.1, 0.15) is 0 Å². The first kappa shape index (κ1) is 15.2. The molecule has 2 aromatic rings. The second kappa shape index (κ2) is 7.00. The minimum Gasteiger partial charge on any atom is -0.305 e. The van der Waals surface area contributed by atoms with Crippen molar-refractivity contribution in [2.45, 2.75) is 32.7 Å². The second-order valence-electron chi connectivity index (χ2n) is 5.18. The van der Waals surface area contributed by atoms with Crippen molar-refractivity contribution in [3.63, 3.8) is 0 Å². The van der Waals surface area contributed by atoms with Crippen LogP contribution in [0.15, 0.2) is 47.1 Å². The van der Waals surface area contributed by atoms with Gasteiger partial charge in [-0.3, -0.25) is 4.98 Å². The summed E-state index contributed by atoms with van der Waals surface area (Å²) >= 11 is 3.60. The lowest BCUT2D eigenvalue weighted by atomic mass is 9.97. The summed E-state index contributed by atoms with van der Waals surface area (Å²) in [5, 5.41) is 3.51. The Bertz CT molecular complexity index is 549. The van der Waals surface area contributed by atoms with Crippen molar-refractivity contribution in [2.24, 2.45) is 0 Å². The van der Waals surface area contributed by atoms with Gasteiger partial charge >= 0.3 is 0 Å². The van der Waals surface area contributed by atoms with Crippen LogP contribution in [-0.2, 0) is 0 Å². The molecule has 1 N–H and O–H groups in total. The molecular formula is C17H21BrN2. The van der Waals surface area contributed by atoms with Crippen LogP contribution >= 0.6 is 15.9 Å². The molecule has 3 heteroatoms. The summed E-state index contributed by atoms with van der Waals surface area (Å²) < 4.78 is 1.04. The molecule has 0 saturated heterocycles. The second-order valence-corrected chi connectivity index (χ2v) is 6.04. The summed E-state index contributed by atoms with van der Waals surface area (Å²) in [5.41, 5.74) is 3.64. The molecule has 0 spiro atoms. The average Bonchev–Trinajstić information content (AvgIpc) is 2.46. The summed E-state index contributed by atoms with van der Waals surface area (Å²) in [4.78, 5) is 4.52. The van der Waals surface area contributed by atoms with Gasteiger partial charge in [0, 0.05) is 10.7 Å². The van der Waals surface area contributed by atoms with Crippen LogP contribution in [0.5, 0.6) is 0 Å². The van der Waals surface area contributed by atoms with E-state index in [0.29, 0.717) is 5.92 Å².